The molecule has 2 N–H and O–H groups in total. The topological polar surface area (TPSA) is 141 Å². The van der Waals surface area contributed by atoms with Gasteiger partial charge in [-0.05, 0) is 53.6 Å². The SMILES string of the molecule is CCS(=O)(=O)c1ccc(C(CC#N)c2cc(N3C[C@@H](Oc4ccc5c(c4)OC(F)(F)O5)C[C@H]3COC(F)F)ccc2C(N)=O)cc1. The molecule has 2 heterocycles. The zero-order valence-electron chi connectivity index (χ0n) is 24.4. The van der Waals surface area contributed by atoms with Crippen LogP contribution < -0.4 is 24.8 Å². The van der Waals surface area contributed by atoms with E-state index in [4.69, 9.17) is 10.5 Å². The number of carbonyl (C=O) groups excluding carboxylic acids is 1. The van der Waals surface area contributed by atoms with Gasteiger partial charge in [0.05, 0.1) is 35.9 Å². The fourth-order valence-electron chi connectivity index (χ4n) is 5.63. The standard InChI is InChI=1S/C31H29F4N3O7S/c1-2-46(40,41)23-7-3-18(4-8-23)24(11-12-36)26-14-19(5-9-25(26)29(37)39)38-16-22(13-20(38)17-42-30(32)33)43-21-6-10-27-28(15-21)45-31(34,35)44-27/h3-10,14-15,20,22,24,30H,2,11,13,16-17H2,1H3,(H2,37,39)/t20-,22-,24?/m0/s1. The molecule has 2 aliphatic rings. The number of ether oxygens (including phenoxy) is 4. The molecule has 0 aromatic heterocycles. The molecule has 244 valence electrons. The maximum atomic E-state index is 13.5. The maximum Gasteiger partial charge on any atom is 0.586 e. The molecule has 1 amide bonds. The number of alkyl halides is 4. The molecular weight excluding hydrogens is 634 g/mol. The van der Waals surface area contributed by atoms with Crippen LogP contribution in [-0.2, 0) is 14.6 Å². The average Bonchev–Trinajstić information content (AvgIpc) is 3.56. The lowest BCUT2D eigenvalue weighted by molar-refractivity contribution is -0.286. The van der Waals surface area contributed by atoms with E-state index in [1.165, 1.54) is 43.3 Å². The van der Waals surface area contributed by atoms with Crippen molar-refractivity contribution in [3.8, 4) is 23.3 Å². The summed E-state index contributed by atoms with van der Waals surface area (Å²) in [6.07, 6.45) is -4.29. The van der Waals surface area contributed by atoms with E-state index >= 15 is 0 Å². The molecule has 10 nitrogen and oxygen atoms in total. The Morgan fingerprint density at radius 1 is 1.11 bits per heavy atom. The number of primary amides is 1. The fraction of sp³-hybridized carbons (Fsp3) is 0.355. The van der Waals surface area contributed by atoms with Crippen molar-refractivity contribution in [2.75, 3.05) is 23.8 Å². The fourth-order valence-corrected chi connectivity index (χ4v) is 6.51. The second-order valence-corrected chi connectivity index (χ2v) is 13.0. The van der Waals surface area contributed by atoms with Gasteiger partial charge >= 0.3 is 12.9 Å². The van der Waals surface area contributed by atoms with E-state index in [0.29, 0.717) is 16.8 Å². The minimum absolute atomic E-state index is 0.0869. The van der Waals surface area contributed by atoms with Gasteiger partial charge in [0, 0.05) is 36.1 Å². The van der Waals surface area contributed by atoms with E-state index in [9.17, 15) is 36.0 Å². The summed E-state index contributed by atoms with van der Waals surface area (Å²) < 4.78 is 97.3. The Balaban J connectivity index is 1.46. The molecule has 0 aliphatic carbocycles. The van der Waals surface area contributed by atoms with Gasteiger partial charge in [-0.1, -0.05) is 19.1 Å². The van der Waals surface area contributed by atoms with Crippen LogP contribution in [0, 0.1) is 11.3 Å². The van der Waals surface area contributed by atoms with Gasteiger partial charge in [-0.25, -0.2) is 8.42 Å². The third kappa shape index (κ3) is 7.13. The number of amides is 1. The van der Waals surface area contributed by atoms with Crippen LogP contribution in [0.15, 0.2) is 65.6 Å². The highest BCUT2D eigenvalue weighted by Crippen LogP contribution is 2.43. The Bertz CT molecular complexity index is 1750. The number of rotatable bonds is 12. The van der Waals surface area contributed by atoms with Crippen LogP contribution >= 0.6 is 0 Å². The number of hydrogen-bond acceptors (Lipinski definition) is 9. The lowest BCUT2D eigenvalue weighted by atomic mass is 9.85. The normalized spacial score (nSPS) is 19.2. The molecule has 1 saturated heterocycles. The smallest absolute Gasteiger partial charge is 0.488 e. The molecule has 3 atom stereocenters. The Morgan fingerprint density at radius 3 is 2.48 bits per heavy atom. The number of carbonyl (C=O) groups is 1. The maximum absolute atomic E-state index is 13.5. The average molecular weight is 664 g/mol. The van der Waals surface area contributed by atoms with Gasteiger partial charge in [0.1, 0.15) is 11.9 Å². The van der Waals surface area contributed by atoms with E-state index in [1.54, 1.807) is 29.2 Å². The molecular formula is C31H29F4N3O7S. The Kier molecular flexibility index (Phi) is 9.32. The summed E-state index contributed by atoms with van der Waals surface area (Å²) in [6.45, 7) is -1.74. The van der Waals surface area contributed by atoms with Gasteiger partial charge < -0.3 is 29.6 Å². The minimum Gasteiger partial charge on any atom is -0.488 e. The zero-order valence-corrected chi connectivity index (χ0v) is 25.2. The van der Waals surface area contributed by atoms with Crippen molar-refractivity contribution in [2.24, 2.45) is 5.73 Å². The molecule has 15 heteroatoms. The van der Waals surface area contributed by atoms with Crippen molar-refractivity contribution in [2.45, 2.75) is 55.6 Å². The molecule has 0 spiro atoms. The van der Waals surface area contributed by atoms with Crippen molar-refractivity contribution in [1.82, 2.24) is 0 Å². The lowest BCUT2D eigenvalue weighted by Crippen LogP contribution is -2.34. The first-order chi connectivity index (χ1) is 21.8. The van der Waals surface area contributed by atoms with Crippen LogP contribution in [0.2, 0.25) is 0 Å². The van der Waals surface area contributed by atoms with Crippen LogP contribution in [0.5, 0.6) is 17.2 Å². The van der Waals surface area contributed by atoms with Crippen LogP contribution in [0.3, 0.4) is 0 Å². The molecule has 0 saturated carbocycles. The largest absolute Gasteiger partial charge is 0.586 e. The van der Waals surface area contributed by atoms with Crippen LogP contribution in [-0.4, -0.2) is 58.3 Å². The van der Waals surface area contributed by atoms with Crippen molar-refractivity contribution in [1.29, 1.82) is 5.26 Å². The van der Waals surface area contributed by atoms with E-state index < -0.39 is 46.7 Å². The molecule has 3 aromatic rings. The van der Waals surface area contributed by atoms with Gasteiger partial charge in [-0.15, -0.1) is 8.78 Å². The van der Waals surface area contributed by atoms with E-state index in [2.05, 4.69) is 20.3 Å². The summed E-state index contributed by atoms with van der Waals surface area (Å²) in [5.74, 6) is -1.74. The lowest BCUT2D eigenvalue weighted by Gasteiger charge is -2.28. The Hall–Kier alpha value is -4.55. The predicted octanol–water partition coefficient (Wildman–Crippen LogP) is 5.21. The number of halogens is 4. The molecule has 1 unspecified atom stereocenters. The summed E-state index contributed by atoms with van der Waals surface area (Å²) >= 11 is 0. The first kappa shape index (κ1) is 32.8. The highest BCUT2D eigenvalue weighted by molar-refractivity contribution is 7.91. The summed E-state index contributed by atoms with van der Waals surface area (Å²) in [7, 11) is -3.48. The van der Waals surface area contributed by atoms with Crippen LogP contribution in [0.25, 0.3) is 0 Å². The second kappa shape index (κ2) is 13.1. The summed E-state index contributed by atoms with van der Waals surface area (Å²) in [5.41, 5.74) is 7.26. The molecule has 0 radical (unpaired) electrons. The third-order valence-corrected chi connectivity index (χ3v) is 9.54. The number of fused-ring (bicyclic) bond motifs is 1. The second-order valence-electron chi connectivity index (χ2n) is 10.7. The van der Waals surface area contributed by atoms with Gasteiger partial charge in [-0.2, -0.15) is 14.0 Å². The van der Waals surface area contributed by atoms with Crippen molar-refractivity contribution in [3.05, 3.63) is 77.4 Å². The highest BCUT2D eigenvalue weighted by Gasteiger charge is 2.44. The summed E-state index contributed by atoms with van der Waals surface area (Å²) in [6, 6.07) is 16.1. The molecule has 46 heavy (non-hydrogen) atoms. The number of nitrogens with zero attached hydrogens (tertiary/aromatic N) is 2. The van der Waals surface area contributed by atoms with Gasteiger partial charge in [0.2, 0.25) is 5.91 Å². The number of nitrogens with two attached hydrogens (primary N) is 1. The Labute approximate surface area is 262 Å². The molecule has 0 bridgehead atoms. The minimum atomic E-state index is -3.81. The number of hydrogen-bond donors (Lipinski definition) is 1. The van der Waals surface area contributed by atoms with Crippen molar-refractivity contribution >= 4 is 21.4 Å². The summed E-state index contributed by atoms with van der Waals surface area (Å²) in [4.78, 5) is 14.4. The summed E-state index contributed by atoms with van der Waals surface area (Å²) in [5, 5.41) is 9.68. The molecule has 1 fully saturated rings. The molecule has 2 aliphatic heterocycles. The molecule has 5 rings (SSSR count). The van der Waals surface area contributed by atoms with Crippen molar-refractivity contribution in [3.63, 3.8) is 0 Å². The predicted molar refractivity (Wildman–Crippen MR) is 156 cm³/mol. The Morgan fingerprint density at radius 2 is 1.83 bits per heavy atom. The highest BCUT2D eigenvalue weighted by atomic mass is 32.2. The number of sulfone groups is 1. The van der Waals surface area contributed by atoms with Crippen LogP contribution in [0.4, 0.5) is 23.2 Å². The van der Waals surface area contributed by atoms with Gasteiger partial charge in [0.25, 0.3) is 0 Å². The van der Waals surface area contributed by atoms with Gasteiger partial charge in [-0.3, -0.25) is 4.79 Å². The van der Waals surface area contributed by atoms with E-state index in [-0.39, 0.29) is 59.5 Å². The quantitative estimate of drug-likeness (QED) is 0.259. The molecule has 3 aromatic carbocycles. The van der Waals surface area contributed by atoms with Crippen molar-refractivity contribution < 1.29 is 49.7 Å². The number of benzene rings is 3. The first-order valence-corrected chi connectivity index (χ1v) is 15.8. The van der Waals surface area contributed by atoms with Gasteiger partial charge in [0.15, 0.2) is 21.3 Å². The van der Waals surface area contributed by atoms with E-state index in [0.717, 1.165) is 0 Å². The zero-order chi connectivity index (χ0) is 33.2. The third-order valence-electron chi connectivity index (χ3n) is 7.79. The number of anilines is 1. The number of nitriles is 1. The first-order valence-electron chi connectivity index (χ1n) is 14.2. The van der Waals surface area contributed by atoms with E-state index in [1.807, 2.05) is 0 Å². The monoisotopic (exact) mass is 663 g/mol. The van der Waals surface area contributed by atoms with Crippen LogP contribution in [0.1, 0.15) is 47.2 Å².